The standard InChI is InChI=1S/C24H33N3O/c1-3-23(20-10-6-5-7-11-20)24(28)25-18-21-12-8-9-13-22(21)19-27-16-14-26(4-2)15-17-27/h5-13,23H,3-4,14-19H2,1-2H3,(H,25,28)/t23-/m0/s1. The molecule has 1 amide bonds. The van der Waals surface area contributed by atoms with Crippen LogP contribution in [0.2, 0.25) is 0 Å². The molecule has 0 aliphatic carbocycles. The van der Waals surface area contributed by atoms with Crippen LogP contribution < -0.4 is 5.32 Å². The fourth-order valence-corrected chi connectivity index (χ4v) is 3.95. The second kappa shape index (κ2) is 10.4. The van der Waals surface area contributed by atoms with Crippen LogP contribution in [0, 0.1) is 0 Å². The Kier molecular flexibility index (Phi) is 7.63. The van der Waals surface area contributed by atoms with Crippen molar-refractivity contribution in [1.82, 2.24) is 15.1 Å². The smallest absolute Gasteiger partial charge is 0.227 e. The third-order valence-electron chi connectivity index (χ3n) is 5.80. The molecule has 3 rings (SSSR count). The number of likely N-dealkylation sites (N-methyl/N-ethyl adjacent to an activating group) is 1. The molecule has 1 aliphatic rings. The molecule has 150 valence electrons. The first kappa shape index (κ1) is 20.6. The number of nitrogens with one attached hydrogen (secondary N) is 1. The Balaban J connectivity index is 1.59. The maximum atomic E-state index is 12.8. The lowest BCUT2D eigenvalue weighted by Crippen LogP contribution is -2.45. The van der Waals surface area contributed by atoms with Gasteiger partial charge in [0.1, 0.15) is 0 Å². The largest absolute Gasteiger partial charge is 0.351 e. The van der Waals surface area contributed by atoms with Gasteiger partial charge in [-0.3, -0.25) is 9.69 Å². The topological polar surface area (TPSA) is 35.6 Å². The van der Waals surface area contributed by atoms with Crippen molar-refractivity contribution in [2.45, 2.75) is 39.3 Å². The lowest BCUT2D eigenvalue weighted by Gasteiger charge is -2.34. The fraction of sp³-hybridized carbons (Fsp3) is 0.458. The number of rotatable bonds is 8. The van der Waals surface area contributed by atoms with Gasteiger partial charge in [0, 0.05) is 39.3 Å². The summed E-state index contributed by atoms with van der Waals surface area (Å²) in [5, 5.41) is 3.18. The zero-order valence-corrected chi connectivity index (χ0v) is 17.2. The Morgan fingerprint density at radius 1 is 0.893 bits per heavy atom. The van der Waals surface area contributed by atoms with Gasteiger partial charge in [0.25, 0.3) is 0 Å². The van der Waals surface area contributed by atoms with E-state index in [1.54, 1.807) is 0 Å². The third kappa shape index (κ3) is 5.43. The van der Waals surface area contributed by atoms with E-state index in [1.807, 2.05) is 30.3 Å². The summed E-state index contributed by atoms with van der Waals surface area (Å²) < 4.78 is 0. The molecule has 0 unspecified atom stereocenters. The molecule has 0 bridgehead atoms. The highest BCUT2D eigenvalue weighted by molar-refractivity contribution is 5.83. The summed E-state index contributed by atoms with van der Waals surface area (Å²) >= 11 is 0. The summed E-state index contributed by atoms with van der Waals surface area (Å²) in [6.07, 6.45) is 0.805. The molecule has 0 radical (unpaired) electrons. The Morgan fingerprint density at radius 3 is 2.14 bits per heavy atom. The Hall–Kier alpha value is -2.17. The predicted octanol–water partition coefficient (Wildman–Crippen LogP) is 3.63. The third-order valence-corrected chi connectivity index (χ3v) is 5.80. The number of carbonyl (C=O) groups is 1. The summed E-state index contributed by atoms with van der Waals surface area (Å²) in [6, 6.07) is 18.6. The van der Waals surface area contributed by atoms with Gasteiger partial charge in [0.2, 0.25) is 5.91 Å². The number of piperazine rings is 1. The SMILES string of the molecule is CC[C@H](C(=O)NCc1ccccc1CN1CCN(CC)CC1)c1ccccc1. The maximum absolute atomic E-state index is 12.8. The Morgan fingerprint density at radius 2 is 1.50 bits per heavy atom. The van der Waals surface area contributed by atoms with Gasteiger partial charge in [0.05, 0.1) is 5.92 Å². The predicted molar refractivity (Wildman–Crippen MR) is 115 cm³/mol. The van der Waals surface area contributed by atoms with Crippen molar-refractivity contribution in [3.63, 3.8) is 0 Å². The van der Waals surface area contributed by atoms with Gasteiger partial charge in [-0.15, -0.1) is 0 Å². The van der Waals surface area contributed by atoms with Gasteiger partial charge in [0.15, 0.2) is 0 Å². The maximum Gasteiger partial charge on any atom is 0.227 e. The molecule has 1 heterocycles. The lowest BCUT2D eigenvalue weighted by molar-refractivity contribution is -0.122. The molecule has 2 aromatic carbocycles. The molecular weight excluding hydrogens is 346 g/mol. The zero-order chi connectivity index (χ0) is 19.8. The molecule has 1 atom stereocenters. The summed E-state index contributed by atoms with van der Waals surface area (Å²) in [4.78, 5) is 17.8. The van der Waals surface area contributed by atoms with E-state index >= 15 is 0 Å². The Bertz CT molecular complexity index is 739. The average Bonchev–Trinajstić information content (AvgIpc) is 2.75. The highest BCUT2D eigenvalue weighted by atomic mass is 16.1. The molecule has 2 aromatic rings. The molecule has 28 heavy (non-hydrogen) atoms. The molecule has 1 aliphatic heterocycles. The molecule has 0 aromatic heterocycles. The number of amides is 1. The summed E-state index contributed by atoms with van der Waals surface area (Å²) in [5.74, 6) is 0.0237. The first-order valence-corrected chi connectivity index (χ1v) is 10.5. The van der Waals surface area contributed by atoms with Gasteiger partial charge in [-0.25, -0.2) is 0 Å². The van der Waals surface area contributed by atoms with Crippen LogP contribution in [0.5, 0.6) is 0 Å². The van der Waals surface area contributed by atoms with Crippen LogP contribution in [0.25, 0.3) is 0 Å². The first-order valence-electron chi connectivity index (χ1n) is 10.5. The van der Waals surface area contributed by atoms with Crippen molar-refractivity contribution in [3.8, 4) is 0 Å². The van der Waals surface area contributed by atoms with Gasteiger partial charge in [-0.2, -0.15) is 0 Å². The number of hydrogen-bond acceptors (Lipinski definition) is 3. The number of benzene rings is 2. The van der Waals surface area contributed by atoms with Crippen molar-refractivity contribution in [3.05, 3.63) is 71.3 Å². The van der Waals surface area contributed by atoms with Crippen molar-refractivity contribution in [2.24, 2.45) is 0 Å². The lowest BCUT2D eigenvalue weighted by atomic mass is 9.95. The number of nitrogens with zero attached hydrogens (tertiary/aromatic N) is 2. The molecule has 1 fully saturated rings. The highest BCUT2D eigenvalue weighted by Crippen LogP contribution is 2.20. The Labute approximate surface area is 169 Å². The molecule has 0 spiro atoms. The van der Waals surface area contributed by atoms with E-state index in [9.17, 15) is 4.79 Å². The minimum atomic E-state index is -0.0875. The zero-order valence-electron chi connectivity index (χ0n) is 17.2. The van der Waals surface area contributed by atoms with Crippen LogP contribution in [0.4, 0.5) is 0 Å². The second-order valence-electron chi connectivity index (χ2n) is 7.57. The van der Waals surface area contributed by atoms with E-state index in [0.29, 0.717) is 6.54 Å². The van der Waals surface area contributed by atoms with Gasteiger partial charge in [-0.1, -0.05) is 68.4 Å². The fourth-order valence-electron chi connectivity index (χ4n) is 3.95. The minimum Gasteiger partial charge on any atom is -0.351 e. The summed E-state index contributed by atoms with van der Waals surface area (Å²) in [5.41, 5.74) is 3.63. The summed E-state index contributed by atoms with van der Waals surface area (Å²) in [7, 11) is 0. The number of carbonyl (C=O) groups excluding carboxylic acids is 1. The molecular formula is C24H33N3O. The van der Waals surface area contributed by atoms with Crippen LogP contribution in [0.1, 0.15) is 42.9 Å². The average molecular weight is 380 g/mol. The van der Waals surface area contributed by atoms with Crippen LogP contribution in [0.3, 0.4) is 0 Å². The normalized spacial score (nSPS) is 16.6. The van der Waals surface area contributed by atoms with E-state index in [4.69, 9.17) is 0 Å². The van der Waals surface area contributed by atoms with Crippen molar-refractivity contribution in [2.75, 3.05) is 32.7 Å². The first-order chi connectivity index (χ1) is 13.7. The summed E-state index contributed by atoms with van der Waals surface area (Å²) in [6.45, 7) is 11.5. The quantitative estimate of drug-likeness (QED) is 0.761. The molecule has 0 saturated carbocycles. The molecule has 4 nitrogen and oxygen atoms in total. The second-order valence-corrected chi connectivity index (χ2v) is 7.57. The van der Waals surface area contributed by atoms with Gasteiger partial charge >= 0.3 is 0 Å². The molecule has 1 N–H and O–H groups in total. The van der Waals surface area contributed by atoms with Crippen LogP contribution in [0.15, 0.2) is 54.6 Å². The van der Waals surface area contributed by atoms with Crippen LogP contribution in [-0.4, -0.2) is 48.4 Å². The van der Waals surface area contributed by atoms with E-state index < -0.39 is 0 Å². The van der Waals surface area contributed by atoms with Crippen molar-refractivity contribution < 1.29 is 4.79 Å². The van der Waals surface area contributed by atoms with E-state index in [0.717, 1.165) is 51.3 Å². The highest BCUT2D eigenvalue weighted by Gasteiger charge is 2.19. The molecule has 4 heteroatoms. The van der Waals surface area contributed by atoms with E-state index in [1.165, 1.54) is 11.1 Å². The number of hydrogen-bond donors (Lipinski definition) is 1. The van der Waals surface area contributed by atoms with E-state index in [2.05, 4.69) is 53.2 Å². The van der Waals surface area contributed by atoms with Gasteiger partial charge in [-0.05, 0) is 29.7 Å². The van der Waals surface area contributed by atoms with Crippen molar-refractivity contribution in [1.29, 1.82) is 0 Å². The van der Waals surface area contributed by atoms with Gasteiger partial charge < -0.3 is 10.2 Å². The monoisotopic (exact) mass is 379 g/mol. The van der Waals surface area contributed by atoms with E-state index in [-0.39, 0.29) is 11.8 Å². The van der Waals surface area contributed by atoms with Crippen LogP contribution in [-0.2, 0) is 17.9 Å². The van der Waals surface area contributed by atoms with Crippen molar-refractivity contribution >= 4 is 5.91 Å². The molecule has 1 saturated heterocycles. The van der Waals surface area contributed by atoms with Crippen LogP contribution >= 0.6 is 0 Å². The minimum absolute atomic E-state index is 0.0875.